The Hall–Kier alpha value is -1.07. The van der Waals surface area contributed by atoms with Gasteiger partial charge in [-0.1, -0.05) is 13.8 Å². The van der Waals surface area contributed by atoms with Crippen LogP contribution in [0.4, 0.5) is 0 Å². The van der Waals surface area contributed by atoms with Gasteiger partial charge in [0, 0.05) is 12.5 Å². The van der Waals surface area contributed by atoms with Gasteiger partial charge in [-0.3, -0.25) is 4.79 Å². The molecule has 0 aromatic heterocycles. The minimum atomic E-state index is -0.103. The summed E-state index contributed by atoms with van der Waals surface area (Å²) < 4.78 is 11.2. The minimum Gasteiger partial charge on any atom is -0.495 e. The van der Waals surface area contributed by atoms with E-state index in [-0.39, 0.29) is 11.7 Å². The van der Waals surface area contributed by atoms with E-state index in [2.05, 4.69) is 21.2 Å². The van der Waals surface area contributed by atoms with Gasteiger partial charge in [0.2, 0.25) is 0 Å². The van der Waals surface area contributed by atoms with Crippen molar-refractivity contribution in [1.82, 2.24) is 5.32 Å². The van der Waals surface area contributed by atoms with Gasteiger partial charge >= 0.3 is 0 Å². The van der Waals surface area contributed by atoms with E-state index in [9.17, 15) is 4.79 Å². The third kappa shape index (κ3) is 3.70. The van der Waals surface area contributed by atoms with Gasteiger partial charge in [-0.2, -0.15) is 0 Å². The Morgan fingerprint density at radius 1 is 1.37 bits per heavy atom. The number of carbonyl (C=O) groups is 1. The van der Waals surface area contributed by atoms with Crippen molar-refractivity contribution in [3.63, 3.8) is 0 Å². The van der Waals surface area contributed by atoms with Crippen molar-refractivity contribution in [2.45, 2.75) is 13.8 Å². The van der Waals surface area contributed by atoms with E-state index in [1.807, 2.05) is 13.8 Å². The zero-order chi connectivity index (χ0) is 14.4. The average molecular weight is 330 g/mol. The number of rotatable bonds is 7. The maximum atomic E-state index is 12.4. The molecular weight excluding hydrogens is 310 g/mol. The van der Waals surface area contributed by atoms with Crippen molar-refractivity contribution < 1.29 is 14.3 Å². The van der Waals surface area contributed by atoms with Crippen LogP contribution < -0.4 is 14.8 Å². The van der Waals surface area contributed by atoms with Gasteiger partial charge in [0.1, 0.15) is 16.0 Å². The molecule has 0 spiro atoms. The fraction of sp³-hybridized carbons (Fsp3) is 0.500. The van der Waals surface area contributed by atoms with E-state index in [1.54, 1.807) is 26.4 Å². The highest BCUT2D eigenvalue weighted by Gasteiger charge is 2.22. The molecule has 0 heterocycles. The Morgan fingerprint density at radius 2 is 2.05 bits per heavy atom. The first-order valence-electron chi connectivity index (χ1n) is 6.22. The number of benzene rings is 1. The van der Waals surface area contributed by atoms with Gasteiger partial charge in [-0.25, -0.2) is 0 Å². The number of methoxy groups -OCH3 is 2. The van der Waals surface area contributed by atoms with Crippen LogP contribution in [0.5, 0.6) is 11.5 Å². The summed E-state index contributed by atoms with van der Waals surface area (Å²) in [5, 5.41) is 3.18. The Labute approximate surface area is 122 Å². The number of hydrogen-bond acceptors (Lipinski definition) is 4. The number of ketones is 1. The summed E-state index contributed by atoms with van der Waals surface area (Å²) in [6, 6.07) is 3.51. The Kier molecular flexibility index (Phi) is 6.31. The second kappa shape index (κ2) is 7.50. The van der Waals surface area contributed by atoms with E-state index in [0.29, 0.717) is 28.1 Å². The predicted molar refractivity (Wildman–Crippen MR) is 79.3 cm³/mol. The van der Waals surface area contributed by atoms with Crippen molar-refractivity contribution in [1.29, 1.82) is 0 Å². The Bertz CT molecular complexity index is 449. The molecule has 1 unspecified atom stereocenters. The molecule has 0 fully saturated rings. The summed E-state index contributed by atoms with van der Waals surface area (Å²) in [5.74, 6) is 1.12. The van der Waals surface area contributed by atoms with Crippen LogP contribution in [0.15, 0.2) is 16.6 Å². The molecule has 4 nitrogen and oxygen atoms in total. The number of hydrogen-bond donors (Lipinski definition) is 1. The molecule has 1 atom stereocenters. The summed E-state index contributed by atoms with van der Waals surface area (Å²) in [5.41, 5.74) is 0.570. The number of carbonyl (C=O) groups excluding carboxylic acids is 1. The van der Waals surface area contributed by atoms with Gasteiger partial charge in [0.05, 0.1) is 19.8 Å². The van der Waals surface area contributed by atoms with Crippen molar-refractivity contribution >= 4 is 21.7 Å². The van der Waals surface area contributed by atoms with Crippen LogP contribution in [0, 0.1) is 5.92 Å². The van der Waals surface area contributed by atoms with Gasteiger partial charge in [-0.05, 0) is 34.6 Å². The highest BCUT2D eigenvalue weighted by atomic mass is 79.9. The second-order valence-electron chi connectivity index (χ2n) is 4.24. The molecule has 1 N–H and O–H groups in total. The largest absolute Gasteiger partial charge is 0.495 e. The molecule has 1 aromatic carbocycles. The first-order valence-corrected chi connectivity index (χ1v) is 7.01. The lowest BCUT2D eigenvalue weighted by Crippen LogP contribution is -2.26. The maximum absolute atomic E-state index is 12.4. The lowest BCUT2D eigenvalue weighted by atomic mass is 9.98. The van der Waals surface area contributed by atoms with E-state index in [1.165, 1.54) is 0 Å². The van der Waals surface area contributed by atoms with Gasteiger partial charge < -0.3 is 14.8 Å². The SMILES string of the molecule is CCNCC(C)C(=O)c1ccc(OC)c(Br)c1OC. The molecule has 1 rings (SSSR count). The van der Waals surface area contributed by atoms with E-state index >= 15 is 0 Å². The van der Waals surface area contributed by atoms with Crippen LogP contribution in [-0.4, -0.2) is 33.1 Å². The standard InChI is InChI=1S/C14H20BrNO3/c1-5-16-8-9(2)13(17)10-6-7-11(18-3)12(15)14(10)19-4/h6-7,9,16H,5,8H2,1-4H3. The van der Waals surface area contributed by atoms with Crippen molar-refractivity contribution in [2.75, 3.05) is 27.3 Å². The molecule has 0 saturated heterocycles. The summed E-state index contributed by atoms with van der Waals surface area (Å²) >= 11 is 3.40. The van der Waals surface area contributed by atoms with Gasteiger partial charge in [0.15, 0.2) is 5.78 Å². The molecule has 1 aromatic rings. The van der Waals surface area contributed by atoms with Crippen LogP contribution in [0.2, 0.25) is 0 Å². The predicted octanol–water partition coefficient (Wildman–Crippen LogP) is 2.89. The monoisotopic (exact) mass is 329 g/mol. The van der Waals surface area contributed by atoms with E-state index in [0.717, 1.165) is 6.54 Å². The number of Topliss-reactive ketones (excluding diaryl/α,β-unsaturated/α-hetero) is 1. The van der Waals surface area contributed by atoms with Crippen molar-refractivity contribution in [3.05, 3.63) is 22.2 Å². The minimum absolute atomic E-state index is 0.0566. The van der Waals surface area contributed by atoms with E-state index < -0.39 is 0 Å². The molecule has 19 heavy (non-hydrogen) atoms. The normalized spacial score (nSPS) is 12.1. The third-order valence-corrected chi connectivity index (χ3v) is 3.65. The molecule has 5 heteroatoms. The first kappa shape index (κ1) is 16.0. The highest BCUT2D eigenvalue weighted by Crippen LogP contribution is 2.37. The van der Waals surface area contributed by atoms with Gasteiger partial charge in [0.25, 0.3) is 0 Å². The molecule has 0 bridgehead atoms. The molecule has 0 aliphatic rings. The molecule has 0 radical (unpaired) electrons. The lowest BCUT2D eigenvalue weighted by molar-refractivity contribution is 0.0926. The fourth-order valence-electron chi connectivity index (χ4n) is 1.81. The smallest absolute Gasteiger partial charge is 0.170 e. The first-order chi connectivity index (χ1) is 9.06. The Balaban J connectivity index is 3.06. The molecule has 0 aliphatic carbocycles. The zero-order valence-electron chi connectivity index (χ0n) is 11.7. The van der Waals surface area contributed by atoms with Crippen LogP contribution in [0.25, 0.3) is 0 Å². The lowest BCUT2D eigenvalue weighted by Gasteiger charge is -2.16. The highest BCUT2D eigenvalue weighted by molar-refractivity contribution is 9.10. The van der Waals surface area contributed by atoms with Crippen LogP contribution >= 0.6 is 15.9 Å². The topological polar surface area (TPSA) is 47.6 Å². The van der Waals surface area contributed by atoms with Crippen molar-refractivity contribution in [2.24, 2.45) is 5.92 Å². The summed E-state index contributed by atoms with van der Waals surface area (Å²) in [6.07, 6.45) is 0. The summed E-state index contributed by atoms with van der Waals surface area (Å²) in [4.78, 5) is 12.4. The van der Waals surface area contributed by atoms with Crippen LogP contribution in [0.1, 0.15) is 24.2 Å². The van der Waals surface area contributed by atoms with Gasteiger partial charge in [-0.15, -0.1) is 0 Å². The number of ether oxygens (including phenoxy) is 2. The number of nitrogens with one attached hydrogen (secondary N) is 1. The fourth-order valence-corrected chi connectivity index (χ4v) is 2.48. The Morgan fingerprint density at radius 3 is 2.58 bits per heavy atom. The third-order valence-electron chi connectivity index (χ3n) is 2.90. The summed E-state index contributed by atoms with van der Waals surface area (Å²) in [6.45, 7) is 5.42. The molecule has 0 saturated carbocycles. The second-order valence-corrected chi connectivity index (χ2v) is 5.03. The van der Waals surface area contributed by atoms with E-state index in [4.69, 9.17) is 9.47 Å². The summed E-state index contributed by atoms with van der Waals surface area (Å²) in [7, 11) is 3.13. The molecule has 0 aliphatic heterocycles. The van der Waals surface area contributed by atoms with Crippen LogP contribution in [0.3, 0.4) is 0 Å². The number of halogens is 1. The zero-order valence-corrected chi connectivity index (χ0v) is 13.3. The molecule has 106 valence electrons. The maximum Gasteiger partial charge on any atom is 0.170 e. The quantitative estimate of drug-likeness (QED) is 0.781. The molecule has 0 amide bonds. The average Bonchev–Trinajstić information content (AvgIpc) is 2.43. The van der Waals surface area contributed by atoms with Crippen molar-refractivity contribution in [3.8, 4) is 11.5 Å². The van der Waals surface area contributed by atoms with Crippen LogP contribution in [-0.2, 0) is 0 Å². The molecular formula is C14H20BrNO3.